The molecule has 2 aromatic rings. The van der Waals surface area contributed by atoms with E-state index in [0.717, 1.165) is 0 Å². The van der Waals surface area contributed by atoms with Gasteiger partial charge < -0.3 is 19.5 Å². The van der Waals surface area contributed by atoms with Gasteiger partial charge in [-0.05, 0) is 49.2 Å². The van der Waals surface area contributed by atoms with E-state index in [9.17, 15) is 9.59 Å². The number of allylic oxidation sites excluding steroid dienone is 1. The molecule has 0 saturated heterocycles. The van der Waals surface area contributed by atoms with Gasteiger partial charge in [0.05, 0.1) is 19.3 Å². The molecular weight excluding hydrogens is 396 g/mol. The van der Waals surface area contributed by atoms with Crippen LogP contribution < -0.4 is 10.1 Å². The van der Waals surface area contributed by atoms with E-state index in [4.69, 9.17) is 19.5 Å². The molecule has 2 aromatic carbocycles. The Kier molecular flexibility index (Phi) is 7.44. The smallest absolute Gasteiger partial charge is 0.347 e. The van der Waals surface area contributed by atoms with E-state index in [1.165, 1.54) is 0 Å². The van der Waals surface area contributed by atoms with Crippen molar-refractivity contribution < 1.29 is 23.8 Å². The minimum atomic E-state index is -0.746. The Labute approximate surface area is 180 Å². The number of esters is 1. The number of benzene rings is 2. The van der Waals surface area contributed by atoms with Crippen LogP contribution >= 0.6 is 0 Å². The first-order chi connectivity index (χ1) is 15.1. The van der Waals surface area contributed by atoms with Crippen molar-refractivity contribution in [1.82, 2.24) is 0 Å². The summed E-state index contributed by atoms with van der Waals surface area (Å²) in [5.41, 5.74) is 1.16. The van der Waals surface area contributed by atoms with E-state index in [2.05, 4.69) is 11.4 Å². The molecule has 1 N–H and O–H groups in total. The highest BCUT2D eigenvalue weighted by molar-refractivity contribution is 6.26. The van der Waals surface area contributed by atoms with E-state index in [1.807, 2.05) is 18.2 Å². The highest BCUT2D eigenvalue weighted by Crippen LogP contribution is 2.29. The lowest BCUT2D eigenvalue weighted by atomic mass is 10.1. The molecule has 1 heterocycles. The summed E-state index contributed by atoms with van der Waals surface area (Å²) in [6.07, 6.45) is 2.60. The lowest BCUT2D eigenvalue weighted by molar-refractivity contribution is -0.139. The Bertz CT molecular complexity index is 1050. The minimum Gasteiger partial charge on any atom is -0.494 e. The van der Waals surface area contributed by atoms with Gasteiger partial charge in [-0.1, -0.05) is 30.3 Å². The lowest BCUT2D eigenvalue weighted by Gasteiger charge is -2.08. The normalized spacial score (nSPS) is 14.2. The Hall–Kier alpha value is -4.05. The quantitative estimate of drug-likeness (QED) is 0.282. The molecule has 0 amide bonds. The van der Waals surface area contributed by atoms with Gasteiger partial charge in [0, 0.05) is 12.1 Å². The van der Waals surface area contributed by atoms with Crippen LogP contribution in [0.5, 0.6) is 5.75 Å². The van der Waals surface area contributed by atoms with Crippen molar-refractivity contribution in [1.29, 1.82) is 5.26 Å². The average molecular weight is 418 g/mol. The topological polar surface area (TPSA) is 97.7 Å². The SMILES string of the molecule is CCOC(=O)C1=C(Nc2ccccc2)O/C(=C/c2cccc(OCCCC#N)c2)C1=O. The second-order valence-electron chi connectivity index (χ2n) is 6.54. The first-order valence-corrected chi connectivity index (χ1v) is 9.90. The molecule has 7 heteroatoms. The Balaban J connectivity index is 1.82. The first kappa shape index (κ1) is 21.7. The predicted octanol–water partition coefficient (Wildman–Crippen LogP) is 4.20. The van der Waals surface area contributed by atoms with Crippen molar-refractivity contribution >= 4 is 23.5 Å². The van der Waals surface area contributed by atoms with E-state index >= 15 is 0 Å². The van der Waals surface area contributed by atoms with Gasteiger partial charge in [0.2, 0.25) is 11.7 Å². The maximum Gasteiger partial charge on any atom is 0.347 e. The molecule has 1 aliphatic rings. The van der Waals surface area contributed by atoms with Crippen LogP contribution in [0.3, 0.4) is 0 Å². The summed E-state index contributed by atoms with van der Waals surface area (Å²) in [5, 5.41) is 11.6. The van der Waals surface area contributed by atoms with Gasteiger partial charge in [-0.15, -0.1) is 0 Å². The van der Waals surface area contributed by atoms with E-state index in [1.54, 1.807) is 49.4 Å². The number of anilines is 1. The number of rotatable bonds is 9. The monoisotopic (exact) mass is 418 g/mol. The number of carbonyl (C=O) groups excluding carboxylic acids is 2. The number of nitriles is 1. The van der Waals surface area contributed by atoms with E-state index in [-0.39, 0.29) is 23.8 Å². The van der Waals surface area contributed by atoms with Crippen molar-refractivity contribution in [2.24, 2.45) is 0 Å². The molecule has 0 aliphatic carbocycles. The van der Waals surface area contributed by atoms with Crippen LogP contribution in [0.1, 0.15) is 25.3 Å². The van der Waals surface area contributed by atoms with Crippen molar-refractivity contribution in [3.8, 4) is 11.8 Å². The summed E-state index contributed by atoms with van der Waals surface area (Å²) in [7, 11) is 0. The lowest BCUT2D eigenvalue weighted by Crippen LogP contribution is -2.16. The average Bonchev–Trinajstić information content (AvgIpc) is 3.07. The van der Waals surface area contributed by atoms with Gasteiger partial charge >= 0.3 is 5.97 Å². The number of Topliss-reactive ketones (excluding diaryl/α,β-unsaturated/α-hetero) is 1. The molecule has 0 aromatic heterocycles. The Morgan fingerprint density at radius 3 is 2.74 bits per heavy atom. The fourth-order valence-electron chi connectivity index (χ4n) is 2.84. The van der Waals surface area contributed by atoms with Crippen molar-refractivity contribution in [3.63, 3.8) is 0 Å². The van der Waals surface area contributed by atoms with E-state index in [0.29, 0.717) is 36.4 Å². The van der Waals surface area contributed by atoms with Crippen LogP contribution in [-0.4, -0.2) is 25.0 Å². The molecule has 31 heavy (non-hydrogen) atoms. The summed E-state index contributed by atoms with van der Waals surface area (Å²) in [4.78, 5) is 25.3. The number of nitrogens with zero attached hydrogens (tertiary/aromatic N) is 1. The van der Waals surface area contributed by atoms with Crippen molar-refractivity contribution in [2.45, 2.75) is 19.8 Å². The molecular formula is C24H22N2O5. The predicted molar refractivity (Wildman–Crippen MR) is 115 cm³/mol. The highest BCUT2D eigenvalue weighted by Gasteiger charge is 2.37. The number of unbranched alkanes of at least 4 members (excludes halogenated alkanes) is 1. The molecule has 0 atom stereocenters. The number of hydrogen-bond donors (Lipinski definition) is 1. The number of carbonyl (C=O) groups is 2. The summed E-state index contributed by atoms with van der Waals surface area (Å²) in [6, 6.07) is 18.3. The molecule has 0 fully saturated rings. The maximum absolute atomic E-state index is 12.9. The second kappa shape index (κ2) is 10.6. The number of ketones is 1. The third-order valence-corrected chi connectivity index (χ3v) is 4.26. The van der Waals surface area contributed by atoms with Gasteiger partial charge in [0.25, 0.3) is 0 Å². The van der Waals surface area contributed by atoms with Gasteiger partial charge in [0.15, 0.2) is 11.3 Å². The fraction of sp³-hybridized carbons (Fsp3) is 0.208. The van der Waals surface area contributed by atoms with Crippen molar-refractivity contribution in [2.75, 3.05) is 18.5 Å². The Morgan fingerprint density at radius 1 is 1.19 bits per heavy atom. The summed E-state index contributed by atoms with van der Waals surface area (Å²) in [6.45, 7) is 2.23. The van der Waals surface area contributed by atoms with Crippen molar-refractivity contribution in [3.05, 3.63) is 77.4 Å². The van der Waals surface area contributed by atoms with Crippen LogP contribution in [0.15, 0.2) is 71.8 Å². The highest BCUT2D eigenvalue weighted by atomic mass is 16.5. The fourth-order valence-corrected chi connectivity index (χ4v) is 2.84. The number of nitrogens with one attached hydrogen (secondary N) is 1. The third kappa shape index (κ3) is 5.73. The molecule has 1 aliphatic heterocycles. The molecule has 0 bridgehead atoms. The van der Waals surface area contributed by atoms with Crippen LogP contribution in [0.4, 0.5) is 5.69 Å². The van der Waals surface area contributed by atoms with Crippen LogP contribution in [0.25, 0.3) is 6.08 Å². The number of ether oxygens (including phenoxy) is 3. The second-order valence-corrected chi connectivity index (χ2v) is 6.54. The van der Waals surface area contributed by atoms with E-state index < -0.39 is 11.8 Å². The van der Waals surface area contributed by atoms with Crippen LogP contribution in [0.2, 0.25) is 0 Å². The largest absolute Gasteiger partial charge is 0.494 e. The number of hydrogen-bond acceptors (Lipinski definition) is 7. The third-order valence-electron chi connectivity index (χ3n) is 4.26. The number of para-hydroxylation sites is 1. The molecule has 158 valence electrons. The zero-order chi connectivity index (χ0) is 22.1. The van der Waals surface area contributed by atoms with Gasteiger partial charge in [-0.25, -0.2) is 4.79 Å². The minimum absolute atomic E-state index is 0.00288. The molecule has 0 radical (unpaired) electrons. The molecule has 0 saturated carbocycles. The van der Waals surface area contributed by atoms with Crippen LogP contribution in [-0.2, 0) is 19.1 Å². The standard InChI is InChI=1S/C24H22N2O5/c1-2-29-24(28)21-22(27)20(31-23(21)26-18-10-4-3-5-11-18)16-17-9-8-12-19(15-17)30-14-7-6-13-25/h3-5,8-12,15-16,26H,2,6-7,14H2,1H3/b20-16+. The maximum atomic E-state index is 12.9. The molecule has 3 rings (SSSR count). The summed E-state index contributed by atoms with van der Waals surface area (Å²) >= 11 is 0. The zero-order valence-electron chi connectivity index (χ0n) is 17.1. The Morgan fingerprint density at radius 2 is 2.00 bits per heavy atom. The summed E-state index contributed by atoms with van der Waals surface area (Å²) < 4.78 is 16.4. The zero-order valence-corrected chi connectivity index (χ0v) is 17.1. The van der Waals surface area contributed by atoms with Gasteiger partial charge in [0.1, 0.15) is 5.75 Å². The van der Waals surface area contributed by atoms with Gasteiger partial charge in [-0.3, -0.25) is 4.79 Å². The molecule has 0 spiro atoms. The van der Waals surface area contributed by atoms with Crippen LogP contribution in [0, 0.1) is 11.3 Å². The molecule has 0 unspecified atom stereocenters. The molecule has 7 nitrogen and oxygen atoms in total. The van der Waals surface area contributed by atoms with Gasteiger partial charge in [-0.2, -0.15) is 5.26 Å². The summed E-state index contributed by atoms with van der Waals surface area (Å²) in [5.74, 6) is -0.659. The first-order valence-electron chi connectivity index (χ1n) is 9.90.